The van der Waals surface area contributed by atoms with Crippen molar-refractivity contribution in [1.82, 2.24) is 14.6 Å². The predicted molar refractivity (Wildman–Crippen MR) is 69.1 cm³/mol. The molecule has 0 amide bonds. The lowest BCUT2D eigenvalue weighted by molar-refractivity contribution is 0.646. The Labute approximate surface area is 101 Å². The van der Waals surface area contributed by atoms with E-state index in [-0.39, 0.29) is 6.04 Å². The van der Waals surface area contributed by atoms with Gasteiger partial charge in [-0.05, 0) is 19.4 Å². The van der Waals surface area contributed by atoms with E-state index in [2.05, 4.69) is 22.3 Å². The number of nitrogens with two attached hydrogens (primary N) is 1. The molecule has 5 heteroatoms. The molecule has 0 bridgehead atoms. The molecule has 1 atom stereocenters. The Kier molecular flexibility index (Phi) is 3.58. The van der Waals surface area contributed by atoms with Crippen molar-refractivity contribution >= 4 is 11.3 Å². The zero-order valence-corrected chi connectivity index (χ0v) is 10.3. The fourth-order valence-corrected chi connectivity index (χ4v) is 1.95. The molecule has 0 aliphatic heterocycles. The Morgan fingerprint density at radius 1 is 1.53 bits per heavy atom. The normalized spacial score (nSPS) is 12.9. The molecule has 0 fully saturated rings. The first-order chi connectivity index (χ1) is 8.24. The summed E-state index contributed by atoms with van der Waals surface area (Å²) in [5.41, 5.74) is 7.73. The monoisotopic (exact) mass is 233 g/mol. The molecule has 0 aromatic carbocycles. The highest BCUT2D eigenvalue weighted by molar-refractivity contribution is 5.68. The predicted octanol–water partition coefficient (Wildman–Crippen LogP) is 1.58. The van der Waals surface area contributed by atoms with E-state index in [1.54, 1.807) is 6.20 Å². The lowest BCUT2D eigenvalue weighted by Crippen LogP contribution is -2.29. The molecular formula is C12H19N5. The standard InChI is InChI=1S/C12H19N5/c1-3-4-10(8-13)15-12-11-7-9(2)16-17(11)6-5-14-12/h5-7,10H,3-4,8,13H2,1-2H3,(H,14,15). The number of aromatic nitrogens is 3. The molecule has 1 unspecified atom stereocenters. The van der Waals surface area contributed by atoms with Crippen LogP contribution < -0.4 is 11.1 Å². The highest BCUT2D eigenvalue weighted by atomic mass is 15.2. The van der Waals surface area contributed by atoms with E-state index in [1.807, 2.05) is 23.7 Å². The smallest absolute Gasteiger partial charge is 0.152 e. The van der Waals surface area contributed by atoms with Crippen molar-refractivity contribution in [2.24, 2.45) is 5.73 Å². The molecule has 0 aliphatic rings. The lowest BCUT2D eigenvalue weighted by Gasteiger charge is -2.16. The summed E-state index contributed by atoms with van der Waals surface area (Å²) >= 11 is 0. The highest BCUT2D eigenvalue weighted by Crippen LogP contribution is 2.16. The molecule has 2 aromatic rings. The third-order valence-electron chi connectivity index (χ3n) is 2.77. The van der Waals surface area contributed by atoms with Crippen LogP contribution in [-0.2, 0) is 0 Å². The van der Waals surface area contributed by atoms with Gasteiger partial charge in [-0.1, -0.05) is 13.3 Å². The first kappa shape index (κ1) is 11.9. The van der Waals surface area contributed by atoms with Crippen LogP contribution in [0.3, 0.4) is 0 Å². The highest BCUT2D eigenvalue weighted by Gasteiger charge is 2.10. The van der Waals surface area contributed by atoms with E-state index in [9.17, 15) is 0 Å². The molecule has 0 saturated heterocycles. The Hall–Kier alpha value is -1.62. The van der Waals surface area contributed by atoms with Gasteiger partial charge in [0.05, 0.1) is 5.69 Å². The van der Waals surface area contributed by atoms with Gasteiger partial charge in [-0.25, -0.2) is 9.50 Å². The number of hydrogen-bond donors (Lipinski definition) is 2. The molecule has 17 heavy (non-hydrogen) atoms. The molecular weight excluding hydrogens is 214 g/mol. The number of nitrogens with one attached hydrogen (secondary N) is 1. The molecule has 3 N–H and O–H groups in total. The van der Waals surface area contributed by atoms with Crippen molar-refractivity contribution < 1.29 is 0 Å². The van der Waals surface area contributed by atoms with Crippen molar-refractivity contribution in [1.29, 1.82) is 0 Å². The van der Waals surface area contributed by atoms with Gasteiger partial charge in [0.25, 0.3) is 0 Å². The lowest BCUT2D eigenvalue weighted by atomic mass is 10.1. The van der Waals surface area contributed by atoms with Gasteiger partial charge in [0.15, 0.2) is 5.82 Å². The number of rotatable bonds is 5. The number of hydrogen-bond acceptors (Lipinski definition) is 4. The molecule has 2 heterocycles. The number of aryl methyl sites for hydroxylation is 1. The fraction of sp³-hybridized carbons (Fsp3) is 0.500. The first-order valence-electron chi connectivity index (χ1n) is 6.02. The Balaban J connectivity index is 2.28. The van der Waals surface area contributed by atoms with Crippen LogP contribution in [0.4, 0.5) is 5.82 Å². The number of nitrogens with zero attached hydrogens (tertiary/aromatic N) is 3. The third kappa shape index (κ3) is 2.55. The SMILES string of the molecule is CCCC(CN)Nc1nccn2nc(C)cc12. The second-order valence-electron chi connectivity index (χ2n) is 4.26. The van der Waals surface area contributed by atoms with Crippen LogP contribution in [0.2, 0.25) is 0 Å². The maximum Gasteiger partial charge on any atom is 0.152 e. The van der Waals surface area contributed by atoms with Crippen LogP contribution in [0.15, 0.2) is 18.5 Å². The maximum atomic E-state index is 5.74. The quantitative estimate of drug-likeness (QED) is 0.822. The van der Waals surface area contributed by atoms with Crippen LogP contribution in [-0.4, -0.2) is 27.2 Å². The Bertz CT molecular complexity index is 491. The summed E-state index contributed by atoms with van der Waals surface area (Å²) < 4.78 is 1.84. The topological polar surface area (TPSA) is 68.2 Å². The summed E-state index contributed by atoms with van der Waals surface area (Å²) in [6, 6.07) is 2.29. The minimum atomic E-state index is 0.272. The molecule has 2 aromatic heterocycles. The Morgan fingerprint density at radius 3 is 3.06 bits per heavy atom. The summed E-state index contributed by atoms with van der Waals surface area (Å²) in [6.45, 7) is 4.74. The maximum absolute atomic E-state index is 5.74. The van der Waals surface area contributed by atoms with Crippen molar-refractivity contribution in [3.05, 3.63) is 24.2 Å². The van der Waals surface area contributed by atoms with E-state index < -0.39 is 0 Å². The van der Waals surface area contributed by atoms with Gasteiger partial charge in [-0.15, -0.1) is 0 Å². The molecule has 0 spiro atoms. The molecule has 92 valence electrons. The zero-order valence-electron chi connectivity index (χ0n) is 10.3. The summed E-state index contributed by atoms with van der Waals surface area (Å²) in [7, 11) is 0. The summed E-state index contributed by atoms with van der Waals surface area (Å²) in [5, 5.41) is 7.75. The largest absolute Gasteiger partial charge is 0.364 e. The van der Waals surface area contributed by atoms with Gasteiger partial charge in [0, 0.05) is 25.0 Å². The van der Waals surface area contributed by atoms with Gasteiger partial charge in [0.1, 0.15) is 5.52 Å². The number of anilines is 1. The van der Waals surface area contributed by atoms with Crippen LogP contribution in [0.5, 0.6) is 0 Å². The average Bonchev–Trinajstić information content (AvgIpc) is 2.70. The van der Waals surface area contributed by atoms with Crippen LogP contribution in [0.25, 0.3) is 5.52 Å². The first-order valence-corrected chi connectivity index (χ1v) is 6.02. The van der Waals surface area contributed by atoms with Gasteiger partial charge < -0.3 is 11.1 Å². The average molecular weight is 233 g/mol. The van der Waals surface area contributed by atoms with Crippen LogP contribution in [0, 0.1) is 6.92 Å². The van der Waals surface area contributed by atoms with E-state index in [4.69, 9.17) is 5.73 Å². The molecule has 2 rings (SSSR count). The minimum Gasteiger partial charge on any atom is -0.364 e. The van der Waals surface area contributed by atoms with Crippen molar-refractivity contribution in [2.75, 3.05) is 11.9 Å². The molecule has 0 aliphatic carbocycles. The molecule has 0 saturated carbocycles. The van der Waals surface area contributed by atoms with Crippen LogP contribution >= 0.6 is 0 Å². The third-order valence-corrected chi connectivity index (χ3v) is 2.77. The Morgan fingerprint density at radius 2 is 2.35 bits per heavy atom. The van der Waals surface area contributed by atoms with Crippen LogP contribution in [0.1, 0.15) is 25.5 Å². The summed E-state index contributed by atoms with van der Waals surface area (Å²) in [4.78, 5) is 4.36. The minimum absolute atomic E-state index is 0.272. The van der Waals surface area contributed by atoms with Crippen molar-refractivity contribution in [3.63, 3.8) is 0 Å². The molecule has 0 radical (unpaired) electrons. The second-order valence-corrected chi connectivity index (χ2v) is 4.26. The van der Waals surface area contributed by atoms with E-state index in [0.29, 0.717) is 6.54 Å². The van der Waals surface area contributed by atoms with Gasteiger partial charge in [-0.3, -0.25) is 0 Å². The fourth-order valence-electron chi connectivity index (χ4n) is 1.95. The van der Waals surface area contributed by atoms with E-state index >= 15 is 0 Å². The number of fused-ring (bicyclic) bond motifs is 1. The summed E-state index contributed by atoms with van der Waals surface area (Å²) in [5.74, 6) is 0.858. The van der Waals surface area contributed by atoms with Gasteiger partial charge in [0.2, 0.25) is 0 Å². The summed E-state index contributed by atoms with van der Waals surface area (Å²) in [6.07, 6.45) is 5.76. The van der Waals surface area contributed by atoms with Gasteiger partial charge >= 0.3 is 0 Å². The van der Waals surface area contributed by atoms with Gasteiger partial charge in [-0.2, -0.15) is 5.10 Å². The van der Waals surface area contributed by atoms with Crippen molar-refractivity contribution in [2.45, 2.75) is 32.7 Å². The molecule has 5 nitrogen and oxygen atoms in total. The zero-order chi connectivity index (χ0) is 12.3. The second kappa shape index (κ2) is 5.14. The van der Waals surface area contributed by atoms with E-state index in [0.717, 1.165) is 29.9 Å². The van der Waals surface area contributed by atoms with E-state index in [1.165, 1.54) is 0 Å². The van der Waals surface area contributed by atoms with Crippen molar-refractivity contribution in [3.8, 4) is 0 Å².